The van der Waals surface area contributed by atoms with Gasteiger partial charge in [-0.25, -0.2) is 9.59 Å². The summed E-state index contributed by atoms with van der Waals surface area (Å²) < 4.78 is 21.0. The van der Waals surface area contributed by atoms with Crippen molar-refractivity contribution in [3.8, 4) is 17.2 Å². The maximum atomic E-state index is 12.3. The van der Waals surface area contributed by atoms with Gasteiger partial charge in [-0.2, -0.15) is 0 Å². The van der Waals surface area contributed by atoms with E-state index in [-0.39, 0.29) is 22.9 Å². The molecule has 1 aromatic heterocycles. The predicted molar refractivity (Wildman–Crippen MR) is 124 cm³/mol. The summed E-state index contributed by atoms with van der Waals surface area (Å²) in [4.78, 5) is 36.8. The average Bonchev–Trinajstić information content (AvgIpc) is 2.81. The molecule has 0 fully saturated rings. The molecule has 3 rings (SSSR count). The number of carbonyl (C=O) groups excluding carboxylic acids is 2. The molecule has 2 aromatic carbocycles. The van der Waals surface area contributed by atoms with E-state index in [0.29, 0.717) is 22.4 Å². The topological polar surface area (TPSA) is 104 Å². The summed E-state index contributed by atoms with van der Waals surface area (Å²) in [5.74, 6) is 0.247. The molecule has 1 atom stereocenters. The number of nitrogens with one attached hydrogen (secondary N) is 1. The second kappa shape index (κ2) is 10.5. The van der Waals surface area contributed by atoms with Gasteiger partial charge >= 0.3 is 11.6 Å². The van der Waals surface area contributed by atoms with Crippen LogP contribution in [-0.2, 0) is 4.79 Å². The molecule has 0 spiro atoms. The van der Waals surface area contributed by atoms with Gasteiger partial charge < -0.3 is 23.9 Å². The van der Waals surface area contributed by atoms with Gasteiger partial charge in [0.25, 0.3) is 5.91 Å². The number of amides is 1. The molecule has 172 valence electrons. The quantitative estimate of drug-likeness (QED) is 0.239. The Morgan fingerprint density at radius 1 is 1.06 bits per heavy atom. The van der Waals surface area contributed by atoms with Crippen LogP contribution in [0.1, 0.15) is 36.2 Å². The van der Waals surface area contributed by atoms with E-state index in [1.165, 1.54) is 25.3 Å². The minimum absolute atomic E-state index is 0.0691. The molecule has 0 saturated heterocycles. The lowest BCUT2D eigenvalue weighted by Crippen LogP contribution is -2.34. The summed E-state index contributed by atoms with van der Waals surface area (Å²) in [6, 6.07) is 11.2. The normalized spacial score (nSPS) is 11.9. The lowest BCUT2D eigenvalue weighted by atomic mass is 10.1. The van der Waals surface area contributed by atoms with Crippen LogP contribution in [0.4, 0.5) is 0 Å². The highest BCUT2D eigenvalue weighted by molar-refractivity contribution is 5.97. The molecule has 1 amide bonds. The molecule has 0 aliphatic heterocycles. The highest BCUT2D eigenvalue weighted by atomic mass is 16.5. The second-order valence-electron chi connectivity index (χ2n) is 7.29. The van der Waals surface area contributed by atoms with Gasteiger partial charge in [0, 0.05) is 35.2 Å². The number of methoxy groups -OCH3 is 2. The van der Waals surface area contributed by atoms with E-state index in [2.05, 4.69) is 5.32 Å². The van der Waals surface area contributed by atoms with Gasteiger partial charge in [0.05, 0.1) is 14.2 Å². The molecule has 33 heavy (non-hydrogen) atoms. The Bertz CT molecular complexity index is 1260. The SMILES string of the molecule is CCC(C)NC(=O)c1cc2ccc(OC(=O)/C=C/c3ccc(OC)cc3OC)cc2oc1=O. The van der Waals surface area contributed by atoms with Crippen molar-refractivity contribution in [2.45, 2.75) is 26.3 Å². The maximum absolute atomic E-state index is 12.3. The van der Waals surface area contributed by atoms with Crippen molar-refractivity contribution in [3.05, 3.63) is 70.1 Å². The zero-order valence-electron chi connectivity index (χ0n) is 18.8. The first-order valence-corrected chi connectivity index (χ1v) is 10.3. The van der Waals surface area contributed by atoms with E-state index in [9.17, 15) is 14.4 Å². The van der Waals surface area contributed by atoms with Gasteiger partial charge in [-0.15, -0.1) is 0 Å². The molecular formula is C25H25NO7. The van der Waals surface area contributed by atoms with Crippen LogP contribution in [0, 0.1) is 0 Å². The lowest BCUT2D eigenvalue weighted by molar-refractivity contribution is -0.128. The number of hydrogen-bond acceptors (Lipinski definition) is 7. The molecule has 0 radical (unpaired) electrons. The highest BCUT2D eigenvalue weighted by Gasteiger charge is 2.16. The first-order chi connectivity index (χ1) is 15.8. The summed E-state index contributed by atoms with van der Waals surface area (Å²) in [5, 5.41) is 3.27. The smallest absolute Gasteiger partial charge is 0.349 e. The summed E-state index contributed by atoms with van der Waals surface area (Å²) in [7, 11) is 3.07. The first kappa shape index (κ1) is 23.6. The first-order valence-electron chi connectivity index (χ1n) is 10.3. The van der Waals surface area contributed by atoms with Crippen molar-refractivity contribution in [2.75, 3.05) is 14.2 Å². The van der Waals surface area contributed by atoms with E-state index in [1.807, 2.05) is 13.8 Å². The minimum atomic E-state index is -0.765. The fraction of sp³-hybridized carbons (Fsp3) is 0.240. The van der Waals surface area contributed by atoms with Crippen molar-refractivity contribution in [1.82, 2.24) is 5.32 Å². The molecule has 3 aromatic rings. The van der Waals surface area contributed by atoms with E-state index in [1.54, 1.807) is 43.5 Å². The molecule has 0 saturated carbocycles. The Morgan fingerprint density at radius 3 is 2.52 bits per heavy atom. The van der Waals surface area contributed by atoms with Crippen LogP contribution in [0.3, 0.4) is 0 Å². The second-order valence-corrected chi connectivity index (χ2v) is 7.29. The number of esters is 1. The highest BCUT2D eigenvalue weighted by Crippen LogP contribution is 2.26. The molecule has 8 nitrogen and oxygen atoms in total. The van der Waals surface area contributed by atoms with Gasteiger partial charge in [0.2, 0.25) is 0 Å². The van der Waals surface area contributed by atoms with Crippen LogP contribution in [0.15, 0.2) is 57.8 Å². The number of carbonyl (C=O) groups is 2. The van der Waals surface area contributed by atoms with Crippen molar-refractivity contribution < 1.29 is 28.2 Å². The van der Waals surface area contributed by atoms with Gasteiger partial charge in [0.15, 0.2) is 0 Å². The van der Waals surface area contributed by atoms with Gasteiger partial charge in [-0.1, -0.05) is 6.92 Å². The Hall–Kier alpha value is -4.07. The predicted octanol–water partition coefficient (Wildman–Crippen LogP) is 3.96. The van der Waals surface area contributed by atoms with Crippen LogP contribution in [-0.4, -0.2) is 32.1 Å². The van der Waals surface area contributed by atoms with Crippen molar-refractivity contribution in [3.63, 3.8) is 0 Å². The average molecular weight is 451 g/mol. The van der Waals surface area contributed by atoms with Crippen molar-refractivity contribution >= 4 is 28.9 Å². The largest absolute Gasteiger partial charge is 0.497 e. The summed E-state index contributed by atoms with van der Waals surface area (Å²) in [5.41, 5.74) is 0.0244. The number of ether oxygens (including phenoxy) is 3. The third-order valence-corrected chi connectivity index (χ3v) is 5.00. The molecule has 0 aliphatic carbocycles. The fourth-order valence-corrected chi connectivity index (χ4v) is 2.98. The fourth-order valence-electron chi connectivity index (χ4n) is 2.98. The van der Waals surface area contributed by atoms with Gasteiger partial charge in [0.1, 0.15) is 28.4 Å². The van der Waals surface area contributed by atoms with Crippen LogP contribution in [0.2, 0.25) is 0 Å². The Morgan fingerprint density at radius 2 is 1.82 bits per heavy atom. The molecular weight excluding hydrogens is 426 g/mol. The van der Waals surface area contributed by atoms with E-state index in [4.69, 9.17) is 18.6 Å². The molecule has 8 heteroatoms. The summed E-state index contributed by atoms with van der Waals surface area (Å²) >= 11 is 0. The number of benzene rings is 2. The van der Waals surface area contributed by atoms with Crippen LogP contribution < -0.4 is 25.2 Å². The van der Waals surface area contributed by atoms with Crippen LogP contribution in [0.5, 0.6) is 17.2 Å². The summed E-state index contributed by atoms with van der Waals surface area (Å²) in [6.07, 6.45) is 3.55. The van der Waals surface area contributed by atoms with E-state index < -0.39 is 17.5 Å². The summed E-state index contributed by atoms with van der Waals surface area (Å²) in [6.45, 7) is 3.78. The molecule has 0 bridgehead atoms. The Kier molecular flexibility index (Phi) is 7.50. The standard InChI is InChI=1S/C25H25NO7/c1-5-15(2)26-24(28)20-12-17-7-10-19(14-22(17)33-25(20)29)32-23(27)11-8-16-6-9-18(30-3)13-21(16)31-4/h6-15H,5H2,1-4H3,(H,26,28)/b11-8+. The Labute approximate surface area is 190 Å². The zero-order valence-corrected chi connectivity index (χ0v) is 18.8. The monoisotopic (exact) mass is 451 g/mol. The maximum Gasteiger partial charge on any atom is 0.349 e. The van der Waals surface area contributed by atoms with Crippen LogP contribution in [0.25, 0.3) is 17.0 Å². The van der Waals surface area contributed by atoms with E-state index >= 15 is 0 Å². The van der Waals surface area contributed by atoms with Crippen molar-refractivity contribution in [2.24, 2.45) is 0 Å². The zero-order chi connectivity index (χ0) is 24.0. The number of hydrogen-bond donors (Lipinski definition) is 1. The third kappa shape index (κ3) is 5.79. The minimum Gasteiger partial charge on any atom is -0.497 e. The molecule has 1 heterocycles. The van der Waals surface area contributed by atoms with Gasteiger partial charge in [-0.05, 0) is 49.8 Å². The lowest BCUT2D eigenvalue weighted by Gasteiger charge is -2.11. The van der Waals surface area contributed by atoms with Gasteiger partial charge in [-0.3, -0.25) is 4.79 Å². The molecule has 1 unspecified atom stereocenters. The van der Waals surface area contributed by atoms with E-state index in [0.717, 1.165) is 6.42 Å². The molecule has 0 aliphatic rings. The third-order valence-electron chi connectivity index (χ3n) is 5.00. The molecule has 1 N–H and O–H groups in total. The Balaban J connectivity index is 1.76. The number of fused-ring (bicyclic) bond motifs is 1. The van der Waals surface area contributed by atoms with Crippen molar-refractivity contribution in [1.29, 1.82) is 0 Å². The van der Waals surface area contributed by atoms with Crippen LogP contribution >= 0.6 is 0 Å². The number of rotatable bonds is 8.